The summed E-state index contributed by atoms with van der Waals surface area (Å²) in [5.41, 5.74) is 2.53. The van der Waals surface area contributed by atoms with Crippen LogP contribution in [0.5, 0.6) is 17.2 Å². The Labute approximate surface area is 277 Å². The fraction of sp³-hybridized carbons (Fsp3) is 0.333. The Kier molecular flexibility index (Phi) is 10.0. The largest absolute Gasteiger partial charge is 0.496 e. The zero-order valence-corrected chi connectivity index (χ0v) is 28.0. The Morgan fingerprint density at radius 3 is 2.15 bits per heavy atom. The molecular formula is C33H36Cl2N6O5. The van der Waals surface area contributed by atoms with Gasteiger partial charge >= 0.3 is 0 Å². The van der Waals surface area contributed by atoms with Gasteiger partial charge in [-0.3, -0.25) is 14.2 Å². The lowest BCUT2D eigenvalue weighted by molar-refractivity contribution is -0.111. The topological polar surface area (TPSA) is 111 Å². The summed E-state index contributed by atoms with van der Waals surface area (Å²) < 4.78 is 18.2. The monoisotopic (exact) mass is 666 g/mol. The number of hydrogen-bond donors (Lipinski definition) is 1. The minimum absolute atomic E-state index is 0.181. The highest BCUT2D eigenvalue weighted by molar-refractivity contribution is 6.41. The van der Waals surface area contributed by atoms with Crippen molar-refractivity contribution in [1.29, 1.82) is 0 Å². The molecule has 0 unspecified atom stereocenters. The van der Waals surface area contributed by atoms with Crippen molar-refractivity contribution >= 4 is 51.5 Å². The summed E-state index contributed by atoms with van der Waals surface area (Å²) in [7, 11) is 4.52. The molecule has 1 fully saturated rings. The summed E-state index contributed by atoms with van der Waals surface area (Å²) in [6, 6.07) is 6.91. The van der Waals surface area contributed by atoms with Crippen LogP contribution in [0, 0.1) is 0 Å². The lowest BCUT2D eigenvalue weighted by atomic mass is 10.0. The number of pyridine rings is 1. The molecule has 0 atom stereocenters. The molecule has 5 rings (SSSR count). The van der Waals surface area contributed by atoms with Crippen LogP contribution in [0.2, 0.25) is 10.0 Å². The van der Waals surface area contributed by atoms with Gasteiger partial charge in [0.2, 0.25) is 5.91 Å². The molecule has 46 heavy (non-hydrogen) atoms. The SMILES string of the molecule is C=CC(=O)Nc1cc(-c2ncc3cc(-c4c(Cl)c(OC)cc(OC)c4Cl)c(=O)n(CC)c3n2)c(OC)cc1N1CCN(CC)CC1. The van der Waals surface area contributed by atoms with Crippen LogP contribution >= 0.6 is 23.2 Å². The van der Waals surface area contributed by atoms with Gasteiger partial charge in [0.1, 0.15) is 22.9 Å². The third-order valence-corrected chi connectivity index (χ3v) is 8.90. The number of aryl methyl sites for hydroxylation is 1. The first-order valence-corrected chi connectivity index (χ1v) is 15.6. The molecule has 0 saturated carbocycles. The molecule has 2 aromatic carbocycles. The normalized spacial score (nSPS) is 13.5. The van der Waals surface area contributed by atoms with Crippen molar-refractivity contribution in [3.8, 4) is 39.8 Å². The predicted molar refractivity (Wildman–Crippen MR) is 183 cm³/mol. The zero-order chi connectivity index (χ0) is 33.1. The van der Waals surface area contributed by atoms with Gasteiger partial charge in [-0.05, 0) is 31.7 Å². The molecule has 2 aromatic heterocycles. The number of amides is 1. The van der Waals surface area contributed by atoms with Gasteiger partial charge in [-0.25, -0.2) is 9.97 Å². The predicted octanol–water partition coefficient (Wildman–Crippen LogP) is 5.74. The summed E-state index contributed by atoms with van der Waals surface area (Å²) >= 11 is 13.4. The van der Waals surface area contributed by atoms with E-state index in [-0.39, 0.29) is 32.6 Å². The Morgan fingerprint density at radius 2 is 1.59 bits per heavy atom. The average Bonchev–Trinajstić information content (AvgIpc) is 3.08. The number of carbonyl (C=O) groups is 1. The standard InChI is InChI=1S/C33H36Cl2N6O5/c1-7-27(42)37-22-15-20(24(44-4)16-23(22)40-12-10-39(8-2)11-13-40)31-36-18-19-14-21(33(43)41(9-3)32(19)38-31)28-29(34)25(45-5)17-26(46-6)30(28)35/h7,14-18H,1,8-13H2,2-6H3,(H,37,42). The zero-order valence-electron chi connectivity index (χ0n) is 26.4. The Balaban J connectivity index is 1.67. The van der Waals surface area contributed by atoms with Crippen molar-refractivity contribution in [2.75, 3.05) is 64.3 Å². The van der Waals surface area contributed by atoms with Crippen molar-refractivity contribution in [1.82, 2.24) is 19.4 Å². The molecule has 242 valence electrons. The molecule has 1 N–H and O–H groups in total. The number of methoxy groups -OCH3 is 3. The van der Waals surface area contributed by atoms with Crippen LogP contribution in [0.4, 0.5) is 11.4 Å². The minimum atomic E-state index is -0.355. The van der Waals surface area contributed by atoms with Crippen LogP contribution in [-0.4, -0.2) is 79.4 Å². The van der Waals surface area contributed by atoms with E-state index in [1.807, 2.05) is 13.0 Å². The van der Waals surface area contributed by atoms with Gasteiger partial charge in [0, 0.05) is 62.0 Å². The molecule has 0 bridgehead atoms. The molecular weight excluding hydrogens is 631 g/mol. The number of anilines is 2. The van der Waals surface area contributed by atoms with Gasteiger partial charge < -0.3 is 29.3 Å². The maximum absolute atomic E-state index is 14.0. The first kappa shape index (κ1) is 33.1. The van der Waals surface area contributed by atoms with E-state index in [4.69, 9.17) is 42.4 Å². The van der Waals surface area contributed by atoms with Crippen LogP contribution in [0.15, 0.2) is 47.9 Å². The summed E-state index contributed by atoms with van der Waals surface area (Å²) in [5.74, 6) is 1.12. The van der Waals surface area contributed by atoms with Crippen LogP contribution in [0.1, 0.15) is 13.8 Å². The van der Waals surface area contributed by atoms with E-state index in [2.05, 4.69) is 33.6 Å². The van der Waals surface area contributed by atoms with E-state index < -0.39 is 0 Å². The van der Waals surface area contributed by atoms with E-state index in [1.54, 1.807) is 31.5 Å². The number of hydrogen-bond acceptors (Lipinski definition) is 9. The quantitative estimate of drug-likeness (QED) is 0.212. The third kappa shape index (κ3) is 6.10. The second kappa shape index (κ2) is 14.0. The highest BCUT2D eigenvalue weighted by Gasteiger charge is 2.25. The van der Waals surface area contributed by atoms with Gasteiger partial charge in [-0.2, -0.15) is 0 Å². The van der Waals surface area contributed by atoms with Crippen LogP contribution in [0.25, 0.3) is 33.5 Å². The van der Waals surface area contributed by atoms with Crippen LogP contribution in [0.3, 0.4) is 0 Å². The highest BCUT2D eigenvalue weighted by Crippen LogP contribution is 2.45. The molecule has 0 radical (unpaired) electrons. The maximum Gasteiger partial charge on any atom is 0.260 e. The number of nitrogens with one attached hydrogen (secondary N) is 1. The van der Waals surface area contributed by atoms with Gasteiger partial charge in [-0.15, -0.1) is 0 Å². The molecule has 1 aliphatic heterocycles. The van der Waals surface area contributed by atoms with Gasteiger partial charge in [0.15, 0.2) is 5.82 Å². The first-order valence-electron chi connectivity index (χ1n) is 14.8. The summed E-state index contributed by atoms with van der Waals surface area (Å²) in [6.45, 7) is 12.3. The Hall–Kier alpha value is -4.32. The van der Waals surface area contributed by atoms with E-state index >= 15 is 0 Å². The van der Waals surface area contributed by atoms with Gasteiger partial charge in [0.05, 0.1) is 53.9 Å². The molecule has 13 heteroatoms. The molecule has 4 aromatic rings. The number of ether oxygens (including phenoxy) is 3. The number of aromatic nitrogens is 3. The van der Waals surface area contributed by atoms with Gasteiger partial charge in [0.25, 0.3) is 5.56 Å². The maximum atomic E-state index is 14.0. The van der Waals surface area contributed by atoms with Crippen LogP contribution in [-0.2, 0) is 11.3 Å². The van der Waals surface area contributed by atoms with E-state index in [0.717, 1.165) is 38.4 Å². The Bertz CT molecular complexity index is 1840. The first-order chi connectivity index (χ1) is 22.2. The summed E-state index contributed by atoms with van der Waals surface area (Å²) in [5, 5.41) is 3.89. The lowest BCUT2D eigenvalue weighted by Crippen LogP contribution is -2.46. The number of halogens is 2. The number of fused-ring (bicyclic) bond motifs is 1. The molecule has 0 aliphatic carbocycles. The number of benzene rings is 2. The molecule has 1 saturated heterocycles. The second-order valence-corrected chi connectivity index (χ2v) is 11.3. The lowest BCUT2D eigenvalue weighted by Gasteiger charge is -2.36. The van der Waals surface area contributed by atoms with Crippen LogP contribution < -0.4 is 30.0 Å². The third-order valence-electron chi connectivity index (χ3n) is 8.15. The van der Waals surface area contributed by atoms with Crippen molar-refractivity contribution < 1.29 is 19.0 Å². The smallest absolute Gasteiger partial charge is 0.260 e. The van der Waals surface area contributed by atoms with Crippen molar-refractivity contribution in [2.45, 2.75) is 20.4 Å². The van der Waals surface area contributed by atoms with Crippen molar-refractivity contribution in [2.24, 2.45) is 0 Å². The summed E-state index contributed by atoms with van der Waals surface area (Å²) in [4.78, 5) is 40.6. The molecule has 11 nitrogen and oxygen atoms in total. The van der Waals surface area contributed by atoms with E-state index in [9.17, 15) is 9.59 Å². The minimum Gasteiger partial charge on any atom is -0.496 e. The molecule has 0 spiro atoms. The number of nitrogens with zero attached hydrogens (tertiary/aromatic N) is 5. The van der Waals surface area contributed by atoms with Crippen molar-refractivity contribution in [3.05, 3.63) is 63.5 Å². The number of carbonyl (C=O) groups excluding carboxylic acids is 1. The molecule has 1 amide bonds. The number of piperazine rings is 1. The second-order valence-electron chi connectivity index (χ2n) is 10.5. The molecule has 1 aliphatic rings. The van der Waals surface area contributed by atoms with Crippen molar-refractivity contribution in [3.63, 3.8) is 0 Å². The number of rotatable bonds is 10. The fourth-order valence-electron chi connectivity index (χ4n) is 5.65. The highest BCUT2D eigenvalue weighted by atomic mass is 35.5. The fourth-order valence-corrected chi connectivity index (χ4v) is 6.35. The van der Waals surface area contributed by atoms with E-state index in [1.165, 1.54) is 24.9 Å². The Morgan fingerprint density at radius 1 is 0.935 bits per heavy atom. The number of likely N-dealkylation sites (N-methyl/N-ethyl adjacent to an activating group) is 1. The molecule has 3 heterocycles. The summed E-state index contributed by atoms with van der Waals surface area (Å²) in [6.07, 6.45) is 2.86. The van der Waals surface area contributed by atoms with E-state index in [0.29, 0.717) is 51.9 Å². The average molecular weight is 668 g/mol. The van der Waals surface area contributed by atoms with Gasteiger partial charge in [-0.1, -0.05) is 36.7 Å².